The highest BCUT2D eigenvalue weighted by molar-refractivity contribution is 6.10. The first-order valence-corrected chi connectivity index (χ1v) is 29.1. The molecule has 0 aliphatic heterocycles. The molecule has 0 saturated carbocycles. The fourth-order valence-corrected chi connectivity index (χ4v) is 10.4. The average Bonchev–Trinajstić information content (AvgIpc) is 2.52. The molecular formula is C72H84N4O8. The van der Waals surface area contributed by atoms with Crippen molar-refractivity contribution in [1.29, 1.82) is 0 Å². The summed E-state index contributed by atoms with van der Waals surface area (Å²) in [5.41, 5.74) is 14.0. The molecule has 0 saturated heterocycles. The standard InChI is InChI=1S/2C36H42N2O4/c2*1-21(2)32(19-39)37-17-26-15-30(23(5)13-34(26)41)28-11-7-9-25-10-8-12-29(36(25)28)31-16-27(35(42)14-24(31)6)18-38-33(20-40)22(3)4/h2*7-18,21-22,32-33,39-42H,19-20H2,1-6H3/t2*32-,33-/m00/s1. The van der Waals surface area contributed by atoms with E-state index in [2.05, 4.69) is 68.5 Å². The van der Waals surface area contributed by atoms with E-state index in [1.807, 2.05) is 132 Å². The zero-order valence-corrected chi connectivity index (χ0v) is 50.7. The van der Waals surface area contributed by atoms with E-state index in [4.69, 9.17) is 0 Å². The van der Waals surface area contributed by atoms with E-state index < -0.39 is 0 Å². The van der Waals surface area contributed by atoms with Gasteiger partial charge in [-0.3, -0.25) is 20.0 Å². The van der Waals surface area contributed by atoms with Crippen molar-refractivity contribution in [1.82, 2.24) is 0 Å². The number of rotatable bonds is 20. The first kappa shape index (κ1) is 63.6. The monoisotopic (exact) mass is 1130 g/mol. The first-order chi connectivity index (χ1) is 40.1. The Labute approximate surface area is 495 Å². The fourth-order valence-electron chi connectivity index (χ4n) is 10.4. The number of phenolic OH excluding ortho intramolecular Hbond substituents is 4. The molecule has 12 heteroatoms. The van der Waals surface area contributed by atoms with Crippen LogP contribution in [-0.4, -0.2) is 116 Å². The molecule has 8 aromatic carbocycles. The van der Waals surface area contributed by atoms with Gasteiger partial charge in [-0.15, -0.1) is 0 Å². The number of aliphatic imine (C=N–C) groups is 4. The molecule has 0 unspecified atom stereocenters. The number of hydrogen-bond donors (Lipinski definition) is 8. The molecule has 12 nitrogen and oxygen atoms in total. The maximum absolute atomic E-state index is 10.8. The van der Waals surface area contributed by atoms with Crippen molar-refractivity contribution in [3.63, 3.8) is 0 Å². The van der Waals surface area contributed by atoms with Crippen molar-refractivity contribution in [3.05, 3.63) is 166 Å². The lowest BCUT2D eigenvalue weighted by Crippen LogP contribution is -2.17. The maximum atomic E-state index is 10.8. The van der Waals surface area contributed by atoms with Gasteiger partial charge in [-0.25, -0.2) is 0 Å². The Morgan fingerprint density at radius 3 is 0.690 bits per heavy atom. The number of benzene rings is 8. The van der Waals surface area contributed by atoms with E-state index in [-0.39, 0.29) is 97.3 Å². The molecule has 0 aliphatic carbocycles. The molecule has 0 aromatic heterocycles. The van der Waals surface area contributed by atoms with Crippen LogP contribution in [0, 0.1) is 51.4 Å². The summed E-state index contributed by atoms with van der Waals surface area (Å²) < 4.78 is 0. The Balaban J connectivity index is 0.000000241. The molecule has 0 fully saturated rings. The van der Waals surface area contributed by atoms with Gasteiger partial charge >= 0.3 is 0 Å². The van der Waals surface area contributed by atoms with E-state index in [9.17, 15) is 40.9 Å². The molecule has 0 amide bonds. The summed E-state index contributed by atoms with van der Waals surface area (Å²) >= 11 is 0. The van der Waals surface area contributed by atoms with Crippen LogP contribution in [0.25, 0.3) is 66.1 Å². The second-order valence-electron chi connectivity index (χ2n) is 23.4. The van der Waals surface area contributed by atoms with E-state index in [0.717, 1.165) is 88.3 Å². The smallest absolute Gasteiger partial charge is 0.124 e. The Morgan fingerprint density at radius 2 is 0.512 bits per heavy atom. The molecule has 0 heterocycles. The van der Waals surface area contributed by atoms with Crippen LogP contribution in [0.2, 0.25) is 0 Å². The summed E-state index contributed by atoms with van der Waals surface area (Å²) in [5, 5.41) is 86.2. The summed E-state index contributed by atoms with van der Waals surface area (Å²) in [7, 11) is 0. The van der Waals surface area contributed by atoms with Crippen LogP contribution in [-0.2, 0) is 0 Å². The molecule has 0 spiro atoms. The number of aliphatic hydroxyl groups excluding tert-OH is 4. The molecule has 8 N–H and O–H groups in total. The van der Waals surface area contributed by atoms with E-state index in [1.165, 1.54) is 0 Å². The van der Waals surface area contributed by atoms with E-state index in [0.29, 0.717) is 22.3 Å². The molecule has 84 heavy (non-hydrogen) atoms. The minimum atomic E-state index is -0.248. The summed E-state index contributed by atoms with van der Waals surface area (Å²) in [5.74, 6) is 1.24. The predicted molar refractivity (Wildman–Crippen MR) is 348 cm³/mol. The summed E-state index contributed by atoms with van der Waals surface area (Å²) in [6.07, 6.45) is 6.60. The molecule has 440 valence electrons. The second-order valence-corrected chi connectivity index (χ2v) is 23.4. The highest BCUT2D eigenvalue weighted by Crippen LogP contribution is 2.43. The second kappa shape index (κ2) is 28.5. The number of aromatic hydroxyl groups is 4. The van der Waals surface area contributed by atoms with Crippen LogP contribution in [0.4, 0.5) is 0 Å². The molecular weight excluding hydrogens is 1050 g/mol. The molecule has 0 aliphatic rings. The van der Waals surface area contributed by atoms with Gasteiger partial charge in [0.15, 0.2) is 0 Å². The van der Waals surface area contributed by atoms with Gasteiger partial charge in [0, 0.05) is 47.1 Å². The minimum Gasteiger partial charge on any atom is -0.507 e. The van der Waals surface area contributed by atoms with Crippen molar-refractivity contribution >= 4 is 46.4 Å². The number of phenols is 4. The van der Waals surface area contributed by atoms with Crippen molar-refractivity contribution in [2.75, 3.05) is 26.4 Å². The third-order valence-electron chi connectivity index (χ3n) is 15.9. The number of aryl methyl sites for hydroxylation is 4. The lowest BCUT2D eigenvalue weighted by molar-refractivity contribution is 0.240. The highest BCUT2D eigenvalue weighted by atomic mass is 16.3. The Bertz CT molecular complexity index is 3250. The SMILES string of the molecule is Cc1cc(O)c(C=N[C@@H](CO)C(C)C)cc1-c1cccc2cccc(-c3cc(C=N[C@@H](CO)C(C)C)c(O)cc3C)c12.Cc1cc(O)c(C=N[C@@H](CO)C(C)C)cc1-c1cccc2cccc(-c3cc(C=N[C@@H](CO)C(C)C)c(O)cc3C)c12. The fraction of sp³-hybridized carbons (Fsp3) is 0.333. The number of fused-ring (bicyclic) bond motifs is 2. The van der Waals surface area contributed by atoms with Crippen molar-refractivity contribution in [2.45, 2.75) is 107 Å². The highest BCUT2D eigenvalue weighted by Gasteiger charge is 2.21. The Morgan fingerprint density at radius 1 is 0.310 bits per heavy atom. The molecule has 8 rings (SSSR count). The van der Waals surface area contributed by atoms with Gasteiger partial charge in [0.1, 0.15) is 23.0 Å². The third kappa shape index (κ3) is 14.7. The number of aliphatic hydroxyl groups is 4. The molecule has 0 radical (unpaired) electrons. The predicted octanol–water partition coefficient (Wildman–Crippen LogP) is 14.1. The van der Waals surface area contributed by atoms with Gasteiger partial charge in [-0.2, -0.15) is 0 Å². The van der Waals surface area contributed by atoms with Gasteiger partial charge in [0.25, 0.3) is 0 Å². The maximum Gasteiger partial charge on any atom is 0.124 e. The van der Waals surface area contributed by atoms with E-state index in [1.54, 1.807) is 49.1 Å². The van der Waals surface area contributed by atoms with Crippen LogP contribution in [0.15, 0.2) is 141 Å². The van der Waals surface area contributed by atoms with Crippen LogP contribution < -0.4 is 0 Å². The van der Waals surface area contributed by atoms with Crippen LogP contribution in [0.5, 0.6) is 23.0 Å². The average molecular weight is 1130 g/mol. The first-order valence-electron chi connectivity index (χ1n) is 29.1. The van der Waals surface area contributed by atoms with Gasteiger partial charge in [0.2, 0.25) is 0 Å². The van der Waals surface area contributed by atoms with Crippen molar-refractivity contribution < 1.29 is 40.9 Å². The van der Waals surface area contributed by atoms with Crippen LogP contribution >= 0.6 is 0 Å². The Hall–Kier alpha value is -8.00. The number of hydrogen-bond acceptors (Lipinski definition) is 12. The van der Waals surface area contributed by atoms with Crippen molar-refractivity contribution in [2.24, 2.45) is 43.6 Å². The van der Waals surface area contributed by atoms with Crippen LogP contribution in [0.3, 0.4) is 0 Å². The van der Waals surface area contributed by atoms with Gasteiger partial charge in [0.05, 0.1) is 50.6 Å². The summed E-state index contributed by atoms with van der Waals surface area (Å²) in [6.45, 7) is 23.8. The molecule has 4 atom stereocenters. The third-order valence-corrected chi connectivity index (χ3v) is 15.9. The van der Waals surface area contributed by atoms with Gasteiger partial charge in [-0.1, -0.05) is 128 Å². The minimum absolute atomic E-state index is 0.0584. The Kier molecular flexibility index (Phi) is 21.6. The van der Waals surface area contributed by atoms with Crippen molar-refractivity contribution in [3.8, 4) is 67.5 Å². The largest absolute Gasteiger partial charge is 0.507 e. The summed E-state index contributed by atoms with van der Waals surface area (Å²) in [4.78, 5) is 18.2. The van der Waals surface area contributed by atoms with Gasteiger partial charge < -0.3 is 40.9 Å². The number of nitrogens with zero attached hydrogens (tertiary/aromatic N) is 4. The molecule has 8 aromatic rings. The summed E-state index contributed by atoms with van der Waals surface area (Å²) in [6, 6.07) is 38.7. The molecule has 0 bridgehead atoms. The van der Waals surface area contributed by atoms with E-state index >= 15 is 0 Å². The quantitative estimate of drug-likeness (QED) is 0.0343. The van der Waals surface area contributed by atoms with Crippen LogP contribution in [0.1, 0.15) is 99.9 Å². The normalized spacial score (nSPS) is 13.7. The zero-order valence-electron chi connectivity index (χ0n) is 50.7. The lowest BCUT2D eigenvalue weighted by Gasteiger charge is -2.18. The van der Waals surface area contributed by atoms with Gasteiger partial charge in [-0.05, 0) is 188 Å². The topological polar surface area (TPSA) is 211 Å². The lowest BCUT2D eigenvalue weighted by atomic mass is 9.87. The zero-order chi connectivity index (χ0) is 61.1.